The van der Waals surface area contributed by atoms with E-state index in [1.165, 1.54) is 15.6 Å². The molecular weight excluding hydrogens is 384 g/mol. The van der Waals surface area contributed by atoms with Crippen LogP contribution in [0.4, 0.5) is 0 Å². The number of hydrogen-bond donors (Lipinski definition) is 1. The van der Waals surface area contributed by atoms with Gasteiger partial charge in [0.05, 0.1) is 0 Å². The summed E-state index contributed by atoms with van der Waals surface area (Å²) in [7, 11) is -3.41. The fourth-order valence-electron chi connectivity index (χ4n) is 3.07. The molecular formula is C19H24N2O4S2. The van der Waals surface area contributed by atoms with E-state index in [2.05, 4.69) is 5.32 Å². The molecule has 2 heterocycles. The van der Waals surface area contributed by atoms with E-state index in [1.807, 2.05) is 32.0 Å². The molecule has 1 saturated heterocycles. The molecule has 146 valence electrons. The van der Waals surface area contributed by atoms with E-state index < -0.39 is 10.0 Å². The molecule has 1 fully saturated rings. The second kappa shape index (κ2) is 8.41. The lowest BCUT2D eigenvalue weighted by Crippen LogP contribution is -2.47. The summed E-state index contributed by atoms with van der Waals surface area (Å²) in [6.07, 6.45) is 1.19. The summed E-state index contributed by atoms with van der Waals surface area (Å²) in [5, 5.41) is 4.71. The van der Waals surface area contributed by atoms with Gasteiger partial charge in [0.25, 0.3) is 15.9 Å². The molecule has 3 rings (SSSR count). The Bertz CT molecular complexity index is 886. The molecule has 27 heavy (non-hydrogen) atoms. The summed E-state index contributed by atoms with van der Waals surface area (Å²) >= 11 is 1.23. The number of sulfonamides is 1. The number of nitrogens with one attached hydrogen (secondary N) is 1. The van der Waals surface area contributed by atoms with Crippen molar-refractivity contribution in [3.63, 3.8) is 0 Å². The van der Waals surface area contributed by atoms with Gasteiger partial charge in [-0.2, -0.15) is 4.31 Å². The number of carbonyl (C=O) groups is 1. The van der Waals surface area contributed by atoms with Gasteiger partial charge in [0.1, 0.15) is 9.96 Å². The maximum Gasteiger partial charge on any atom is 0.258 e. The van der Waals surface area contributed by atoms with Crippen molar-refractivity contribution in [2.24, 2.45) is 0 Å². The first-order chi connectivity index (χ1) is 12.9. The first kappa shape index (κ1) is 19.9. The average molecular weight is 409 g/mol. The monoisotopic (exact) mass is 408 g/mol. The van der Waals surface area contributed by atoms with E-state index in [9.17, 15) is 13.2 Å². The Kier molecular flexibility index (Phi) is 6.18. The van der Waals surface area contributed by atoms with Crippen molar-refractivity contribution in [1.29, 1.82) is 0 Å². The van der Waals surface area contributed by atoms with Crippen molar-refractivity contribution in [1.82, 2.24) is 9.62 Å². The maximum atomic E-state index is 12.5. The predicted molar refractivity (Wildman–Crippen MR) is 106 cm³/mol. The Balaban J connectivity index is 1.48. The third-order valence-corrected chi connectivity index (χ3v) is 8.09. The van der Waals surface area contributed by atoms with Gasteiger partial charge >= 0.3 is 0 Å². The van der Waals surface area contributed by atoms with Crippen LogP contribution in [-0.4, -0.2) is 44.4 Å². The lowest BCUT2D eigenvalue weighted by Gasteiger charge is -2.31. The molecule has 0 unspecified atom stereocenters. The summed E-state index contributed by atoms with van der Waals surface area (Å²) < 4.78 is 32.5. The van der Waals surface area contributed by atoms with Gasteiger partial charge in [-0.1, -0.05) is 18.2 Å². The number of hydrogen-bond acceptors (Lipinski definition) is 5. The molecule has 2 aromatic rings. The van der Waals surface area contributed by atoms with Gasteiger partial charge in [0, 0.05) is 19.1 Å². The molecule has 0 spiro atoms. The van der Waals surface area contributed by atoms with Crippen molar-refractivity contribution in [3.8, 4) is 5.75 Å². The van der Waals surface area contributed by atoms with Crippen LogP contribution in [0.1, 0.15) is 24.0 Å². The van der Waals surface area contributed by atoms with Crippen LogP contribution in [0, 0.1) is 13.8 Å². The standard InChI is InChI=1S/C19H24N2O4S2/c1-14-5-3-6-17(15(14)2)25-13-18(22)20-16-8-10-21(11-9-16)27(23,24)19-7-4-12-26-19/h3-7,12,16H,8-11,13H2,1-2H3,(H,20,22). The average Bonchev–Trinajstić information content (AvgIpc) is 3.19. The molecule has 1 N–H and O–H groups in total. The SMILES string of the molecule is Cc1cccc(OCC(=O)NC2CCN(S(=O)(=O)c3cccs3)CC2)c1C. The van der Waals surface area contributed by atoms with Crippen molar-refractivity contribution < 1.29 is 17.9 Å². The molecule has 1 aliphatic heterocycles. The van der Waals surface area contributed by atoms with Crippen LogP contribution in [0.5, 0.6) is 5.75 Å². The third-order valence-electron chi connectivity index (χ3n) is 4.82. The topological polar surface area (TPSA) is 75.7 Å². The smallest absolute Gasteiger partial charge is 0.258 e. The van der Waals surface area contributed by atoms with E-state index in [1.54, 1.807) is 17.5 Å². The summed E-state index contributed by atoms with van der Waals surface area (Å²) in [5.74, 6) is 0.525. The van der Waals surface area contributed by atoms with Crippen LogP contribution in [-0.2, 0) is 14.8 Å². The number of amides is 1. The maximum absolute atomic E-state index is 12.5. The quantitative estimate of drug-likeness (QED) is 0.797. The largest absolute Gasteiger partial charge is 0.483 e. The minimum atomic E-state index is -3.41. The van der Waals surface area contributed by atoms with Crippen LogP contribution in [0.25, 0.3) is 0 Å². The van der Waals surface area contributed by atoms with Crippen LogP contribution >= 0.6 is 11.3 Å². The van der Waals surface area contributed by atoms with Crippen LogP contribution < -0.4 is 10.1 Å². The molecule has 1 aromatic heterocycles. The molecule has 0 saturated carbocycles. The highest BCUT2D eigenvalue weighted by Gasteiger charge is 2.30. The molecule has 0 atom stereocenters. The van der Waals surface area contributed by atoms with Crippen molar-refractivity contribution in [2.75, 3.05) is 19.7 Å². The molecule has 0 aliphatic carbocycles. The molecule has 0 radical (unpaired) electrons. The first-order valence-electron chi connectivity index (χ1n) is 8.90. The molecule has 0 bridgehead atoms. The number of nitrogens with zero attached hydrogens (tertiary/aromatic N) is 1. The Morgan fingerprint density at radius 2 is 1.96 bits per heavy atom. The normalized spacial score (nSPS) is 16.2. The molecule has 6 nitrogen and oxygen atoms in total. The number of carbonyl (C=O) groups excluding carboxylic acids is 1. The highest BCUT2D eigenvalue weighted by Crippen LogP contribution is 2.24. The van der Waals surface area contributed by atoms with Gasteiger partial charge in [-0.15, -0.1) is 11.3 Å². The minimum absolute atomic E-state index is 0.0329. The summed E-state index contributed by atoms with van der Waals surface area (Å²) in [5.41, 5.74) is 2.14. The van der Waals surface area contributed by atoms with Gasteiger partial charge in [-0.25, -0.2) is 8.42 Å². The van der Waals surface area contributed by atoms with Crippen molar-refractivity contribution in [2.45, 2.75) is 36.9 Å². The predicted octanol–water partition coefficient (Wildman–Crippen LogP) is 2.71. The van der Waals surface area contributed by atoms with Gasteiger partial charge in [-0.3, -0.25) is 4.79 Å². The molecule has 8 heteroatoms. The van der Waals surface area contributed by atoms with E-state index in [0.29, 0.717) is 35.9 Å². The Hall–Kier alpha value is -1.90. The molecule has 1 amide bonds. The lowest BCUT2D eigenvalue weighted by molar-refractivity contribution is -0.124. The van der Waals surface area contributed by atoms with E-state index >= 15 is 0 Å². The second-order valence-electron chi connectivity index (χ2n) is 6.66. The lowest BCUT2D eigenvalue weighted by atomic mass is 10.1. The number of benzene rings is 1. The Morgan fingerprint density at radius 1 is 1.22 bits per heavy atom. The summed E-state index contributed by atoms with van der Waals surface area (Å²) in [4.78, 5) is 12.2. The Morgan fingerprint density at radius 3 is 2.63 bits per heavy atom. The molecule has 1 aromatic carbocycles. The fourth-order valence-corrected chi connectivity index (χ4v) is 5.69. The van der Waals surface area contributed by atoms with Crippen LogP contribution in [0.15, 0.2) is 39.9 Å². The summed E-state index contributed by atoms with van der Waals surface area (Å²) in [6.45, 7) is 4.73. The first-order valence-corrected chi connectivity index (χ1v) is 11.2. The number of thiophene rings is 1. The minimum Gasteiger partial charge on any atom is -0.483 e. The fraction of sp³-hybridized carbons (Fsp3) is 0.421. The zero-order chi connectivity index (χ0) is 19.4. The van der Waals surface area contributed by atoms with Gasteiger partial charge in [0.15, 0.2) is 6.61 Å². The van der Waals surface area contributed by atoms with Crippen molar-refractivity contribution in [3.05, 3.63) is 46.8 Å². The number of rotatable bonds is 6. The van der Waals surface area contributed by atoms with Gasteiger partial charge in [0.2, 0.25) is 0 Å². The summed E-state index contributed by atoms with van der Waals surface area (Å²) in [6, 6.07) is 9.08. The van der Waals surface area contributed by atoms with E-state index in [-0.39, 0.29) is 18.6 Å². The highest BCUT2D eigenvalue weighted by atomic mass is 32.2. The zero-order valence-electron chi connectivity index (χ0n) is 15.5. The third kappa shape index (κ3) is 4.69. The second-order valence-corrected chi connectivity index (χ2v) is 9.78. The number of piperidine rings is 1. The van der Waals surface area contributed by atoms with Crippen LogP contribution in [0.3, 0.4) is 0 Å². The number of aryl methyl sites for hydroxylation is 1. The number of ether oxygens (including phenoxy) is 1. The Labute approximate surface area is 164 Å². The van der Waals surface area contributed by atoms with E-state index in [0.717, 1.165) is 11.1 Å². The van der Waals surface area contributed by atoms with Gasteiger partial charge < -0.3 is 10.1 Å². The van der Waals surface area contributed by atoms with Crippen molar-refractivity contribution >= 4 is 27.3 Å². The zero-order valence-corrected chi connectivity index (χ0v) is 17.1. The van der Waals surface area contributed by atoms with E-state index in [4.69, 9.17) is 4.74 Å². The highest BCUT2D eigenvalue weighted by molar-refractivity contribution is 7.91. The van der Waals surface area contributed by atoms with Crippen LogP contribution in [0.2, 0.25) is 0 Å². The van der Waals surface area contributed by atoms with Gasteiger partial charge in [-0.05, 0) is 55.3 Å². The molecule has 1 aliphatic rings.